The quantitative estimate of drug-likeness (QED) is 0.464. The number of nitrogens with zero attached hydrogens (tertiary/aromatic N) is 1. The van der Waals surface area contributed by atoms with Crippen molar-refractivity contribution >= 4 is 44.4 Å². The first-order valence-corrected chi connectivity index (χ1v) is 10.2. The standard InChI is InChI=1S/C21H18BrFN2O3S/c1-12-19(14-5-7-15(23)8-6-14)25-21(29-12)24-18(26)9-4-13-10-16(22)20(28-3)17(11-13)27-2/h4-11H,1-3H3,(H,24,25,26)/b9-4+. The summed E-state index contributed by atoms with van der Waals surface area (Å²) in [5, 5.41) is 3.24. The highest BCUT2D eigenvalue weighted by Crippen LogP contribution is 2.36. The highest BCUT2D eigenvalue weighted by atomic mass is 79.9. The fourth-order valence-corrected chi connectivity index (χ4v) is 4.14. The van der Waals surface area contributed by atoms with Crippen molar-refractivity contribution in [3.8, 4) is 22.8 Å². The lowest BCUT2D eigenvalue weighted by Crippen LogP contribution is -2.07. The Morgan fingerprint density at radius 2 is 1.93 bits per heavy atom. The van der Waals surface area contributed by atoms with Crippen molar-refractivity contribution in [1.29, 1.82) is 0 Å². The molecule has 8 heteroatoms. The van der Waals surface area contributed by atoms with E-state index in [0.29, 0.717) is 16.6 Å². The summed E-state index contributed by atoms with van der Waals surface area (Å²) in [6.45, 7) is 1.91. The Hall–Kier alpha value is -2.71. The number of aromatic nitrogens is 1. The number of thiazole rings is 1. The minimum atomic E-state index is -0.310. The molecule has 0 spiro atoms. The molecular formula is C21H18BrFN2O3S. The second-order valence-electron chi connectivity index (χ2n) is 5.99. The molecule has 0 radical (unpaired) electrons. The van der Waals surface area contributed by atoms with Gasteiger partial charge in [-0.3, -0.25) is 10.1 Å². The first-order valence-electron chi connectivity index (χ1n) is 8.55. The Morgan fingerprint density at radius 1 is 1.21 bits per heavy atom. The molecule has 150 valence electrons. The lowest BCUT2D eigenvalue weighted by atomic mass is 10.1. The smallest absolute Gasteiger partial charge is 0.250 e. The van der Waals surface area contributed by atoms with E-state index in [2.05, 4.69) is 26.2 Å². The number of amides is 1. The summed E-state index contributed by atoms with van der Waals surface area (Å²) in [5.41, 5.74) is 2.29. The van der Waals surface area contributed by atoms with Crippen LogP contribution in [0.4, 0.5) is 9.52 Å². The second-order valence-corrected chi connectivity index (χ2v) is 8.05. The van der Waals surface area contributed by atoms with Crippen molar-refractivity contribution in [3.05, 3.63) is 63.2 Å². The third kappa shape index (κ3) is 5.02. The van der Waals surface area contributed by atoms with Crippen LogP contribution in [0, 0.1) is 12.7 Å². The number of halogens is 2. The SMILES string of the molecule is COc1cc(/C=C/C(=O)Nc2nc(-c3ccc(F)cc3)c(C)s2)cc(Br)c1OC. The lowest BCUT2D eigenvalue weighted by Gasteiger charge is -2.10. The van der Waals surface area contributed by atoms with Crippen LogP contribution in [0.5, 0.6) is 11.5 Å². The van der Waals surface area contributed by atoms with Gasteiger partial charge in [0.1, 0.15) is 5.82 Å². The van der Waals surface area contributed by atoms with Crippen LogP contribution in [-0.4, -0.2) is 25.1 Å². The van der Waals surface area contributed by atoms with Crippen LogP contribution < -0.4 is 14.8 Å². The molecule has 0 bridgehead atoms. The Morgan fingerprint density at radius 3 is 2.59 bits per heavy atom. The Kier molecular flexibility index (Phi) is 6.66. The van der Waals surface area contributed by atoms with E-state index in [1.165, 1.54) is 29.5 Å². The average molecular weight is 477 g/mol. The van der Waals surface area contributed by atoms with E-state index in [9.17, 15) is 9.18 Å². The van der Waals surface area contributed by atoms with E-state index in [1.807, 2.05) is 13.0 Å². The zero-order chi connectivity index (χ0) is 21.0. The summed E-state index contributed by atoms with van der Waals surface area (Å²) in [4.78, 5) is 17.7. The molecule has 0 aliphatic carbocycles. The molecule has 0 atom stereocenters. The molecule has 29 heavy (non-hydrogen) atoms. The van der Waals surface area contributed by atoms with Crippen LogP contribution in [0.2, 0.25) is 0 Å². The molecule has 2 aromatic carbocycles. The lowest BCUT2D eigenvalue weighted by molar-refractivity contribution is -0.111. The van der Waals surface area contributed by atoms with Gasteiger partial charge >= 0.3 is 0 Å². The maximum absolute atomic E-state index is 13.1. The third-order valence-electron chi connectivity index (χ3n) is 4.03. The largest absolute Gasteiger partial charge is 0.493 e. The molecule has 1 aromatic heterocycles. The van der Waals surface area contributed by atoms with Gasteiger partial charge in [0.2, 0.25) is 5.91 Å². The van der Waals surface area contributed by atoms with Crippen molar-refractivity contribution in [2.24, 2.45) is 0 Å². The van der Waals surface area contributed by atoms with Gasteiger partial charge < -0.3 is 9.47 Å². The number of aryl methyl sites for hydroxylation is 1. The van der Waals surface area contributed by atoms with Crippen LogP contribution in [0.3, 0.4) is 0 Å². The summed E-state index contributed by atoms with van der Waals surface area (Å²) >= 11 is 4.79. The maximum atomic E-state index is 13.1. The van der Waals surface area contributed by atoms with E-state index in [-0.39, 0.29) is 11.7 Å². The molecule has 0 saturated heterocycles. The number of hydrogen-bond donors (Lipinski definition) is 1. The third-order valence-corrected chi connectivity index (χ3v) is 5.50. The molecule has 0 unspecified atom stereocenters. The van der Waals surface area contributed by atoms with Gasteiger partial charge in [0.15, 0.2) is 16.6 Å². The average Bonchev–Trinajstić information content (AvgIpc) is 3.06. The zero-order valence-corrected chi connectivity index (χ0v) is 18.4. The van der Waals surface area contributed by atoms with Crippen LogP contribution >= 0.6 is 27.3 Å². The minimum Gasteiger partial charge on any atom is -0.493 e. The van der Waals surface area contributed by atoms with Gasteiger partial charge in [0.25, 0.3) is 0 Å². The minimum absolute atomic E-state index is 0.304. The van der Waals surface area contributed by atoms with Gasteiger partial charge in [-0.1, -0.05) is 0 Å². The monoisotopic (exact) mass is 476 g/mol. The molecule has 0 aliphatic heterocycles. The van der Waals surface area contributed by atoms with Gasteiger partial charge in [0.05, 0.1) is 24.4 Å². The van der Waals surface area contributed by atoms with Crippen LogP contribution in [0.15, 0.2) is 46.9 Å². The molecule has 0 aliphatic rings. The number of hydrogen-bond acceptors (Lipinski definition) is 5. The number of carbonyl (C=O) groups is 1. The molecule has 1 N–H and O–H groups in total. The molecule has 1 amide bonds. The maximum Gasteiger partial charge on any atom is 0.250 e. The number of methoxy groups -OCH3 is 2. The molecule has 3 rings (SSSR count). The second kappa shape index (κ2) is 9.19. The number of carbonyl (C=O) groups excluding carboxylic acids is 1. The number of nitrogens with one attached hydrogen (secondary N) is 1. The summed E-state index contributed by atoms with van der Waals surface area (Å²) in [6.07, 6.45) is 3.09. The van der Waals surface area contributed by atoms with Crippen LogP contribution in [0.25, 0.3) is 17.3 Å². The molecular weight excluding hydrogens is 459 g/mol. The summed E-state index contributed by atoms with van der Waals surface area (Å²) in [7, 11) is 3.11. The predicted molar refractivity (Wildman–Crippen MR) is 117 cm³/mol. The van der Waals surface area contributed by atoms with Gasteiger partial charge in [-0.05, 0) is 70.9 Å². The zero-order valence-electron chi connectivity index (χ0n) is 16.0. The van der Waals surface area contributed by atoms with Crippen molar-refractivity contribution < 1.29 is 18.7 Å². The normalized spacial score (nSPS) is 10.9. The van der Waals surface area contributed by atoms with Gasteiger partial charge in [-0.2, -0.15) is 0 Å². The highest BCUT2D eigenvalue weighted by molar-refractivity contribution is 9.10. The van der Waals surface area contributed by atoms with Crippen molar-refractivity contribution in [3.63, 3.8) is 0 Å². The topological polar surface area (TPSA) is 60.5 Å². The van der Waals surface area contributed by atoms with Gasteiger partial charge in [-0.15, -0.1) is 11.3 Å². The summed E-state index contributed by atoms with van der Waals surface area (Å²) in [5.74, 6) is 0.527. The Labute approximate surface area is 180 Å². The van der Waals surface area contributed by atoms with Crippen molar-refractivity contribution in [1.82, 2.24) is 4.98 Å². The number of anilines is 1. The van der Waals surface area contributed by atoms with Crippen molar-refractivity contribution in [2.45, 2.75) is 6.92 Å². The number of ether oxygens (including phenoxy) is 2. The van der Waals surface area contributed by atoms with E-state index >= 15 is 0 Å². The summed E-state index contributed by atoms with van der Waals surface area (Å²) in [6, 6.07) is 9.70. The molecule has 0 fully saturated rings. The Balaban J connectivity index is 1.74. The Bertz CT molecular complexity index is 1060. The fraction of sp³-hybridized carbons (Fsp3) is 0.143. The van der Waals surface area contributed by atoms with E-state index in [1.54, 1.807) is 38.5 Å². The molecule has 5 nitrogen and oxygen atoms in total. The molecule has 1 heterocycles. The summed E-state index contributed by atoms with van der Waals surface area (Å²) < 4.78 is 24.4. The number of rotatable bonds is 6. The molecule has 3 aromatic rings. The first-order chi connectivity index (χ1) is 13.9. The predicted octanol–water partition coefficient (Wildman–Crippen LogP) is 5.69. The highest BCUT2D eigenvalue weighted by Gasteiger charge is 2.12. The van der Waals surface area contributed by atoms with Gasteiger partial charge in [0, 0.05) is 16.5 Å². The van der Waals surface area contributed by atoms with Gasteiger partial charge in [-0.25, -0.2) is 9.37 Å². The van der Waals surface area contributed by atoms with E-state index < -0.39 is 0 Å². The molecule has 0 saturated carbocycles. The fourth-order valence-electron chi connectivity index (χ4n) is 2.68. The number of benzene rings is 2. The van der Waals surface area contributed by atoms with E-state index in [4.69, 9.17) is 9.47 Å². The van der Waals surface area contributed by atoms with Crippen LogP contribution in [0.1, 0.15) is 10.4 Å². The van der Waals surface area contributed by atoms with E-state index in [0.717, 1.165) is 26.2 Å². The first kappa shape index (κ1) is 21.0. The van der Waals surface area contributed by atoms with Crippen molar-refractivity contribution in [2.75, 3.05) is 19.5 Å². The van der Waals surface area contributed by atoms with Crippen LogP contribution in [-0.2, 0) is 4.79 Å².